The van der Waals surface area contributed by atoms with Gasteiger partial charge in [-0.15, -0.1) is 6.58 Å². The minimum absolute atomic E-state index is 0.189. The fourth-order valence-electron chi connectivity index (χ4n) is 1.21. The Hall–Kier alpha value is -0.300. The Morgan fingerprint density at radius 1 is 1.50 bits per heavy atom. The summed E-state index contributed by atoms with van der Waals surface area (Å²) in [6.07, 6.45) is 6.24. The molecule has 72 valence electrons. The summed E-state index contributed by atoms with van der Waals surface area (Å²) < 4.78 is 0. The molecule has 0 amide bonds. The third-order valence-electron chi connectivity index (χ3n) is 2.62. The molecule has 0 unspecified atom stereocenters. The monoisotopic (exact) mass is 170 g/mol. The van der Waals surface area contributed by atoms with Crippen molar-refractivity contribution < 1.29 is 5.11 Å². The molecule has 0 aliphatic carbocycles. The molecular weight excluding hydrogens is 148 g/mol. The molecule has 0 rings (SSSR count). The fraction of sp³-hybridized carbons (Fsp3) is 0.818. The van der Waals surface area contributed by atoms with E-state index in [2.05, 4.69) is 13.5 Å². The van der Waals surface area contributed by atoms with Gasteiger partial charge in [-0.2, -0.15) is 0 Å². The molecule has 0 spiro atoms. The summed E-state index contributed by atoms with van der Waals surface area (Å²) in [6, 6.07) is 0. The van der Waals surface area contributed by atoms with Crippen LogP contribution in [-0.2, 0) is 0 Å². The van der Waals surface area contributed by atoms with Gasteiger partial charge >= 0.3 is 0 Å². The third kappa shape index (κ3) is 3.91. The second-order valence-electron chi connectivity index (χ2n) is 3.84. The van der Waals surface area contributed by atoms with Crippen LogP contribution in [0.25, 0.3) is 0 Å². The van der Waals surface area contributed by atoms with Crippen molar-refractivity contribution in [1.29, 1.82) is 0 Å². The largest absolute Gasteiger partial charge is 0.390 e. The molecule has 0 aromatic heterocycles. The van der Waals surface area contributed by atoms with Crippen molar-refractivity contribution in [3.05, 3.63) is 12.7 Å². The van der Waals surface area contributed by atoms with E-state index in [0.717, 1.165) is 12.8 Å². The van der Waals surface area contributed by atoms with Crippen LogP contribution in [0.1, 0.15) is 46.5 Å². The predicted molar refractivity (Wildman–Crippen MR) is 54.1 cm³/mol. The zero-order chi connectivity index (χ0) is 9.61. The number of hydrogen-bond donors (Lipinski definition) is 1. The number of rotatable bonds is 6. The molecule has 12 heavy (non-hydrogen) atoms. The fourth-order valence-corrected chi connectivity index (χ4v) is 1.21. The molecule has 1 N–H and O–H groups in total. The van der Waals surface area contributed by atoms with Gasteiger partial charge in [-0.3, -0.25) is 0 Å². The van der Waals surface area contributed by atoms with E-state index in [1.165, 1.54) is 12.8 Å². The topological polar surface area (TPSA) is 20.2 Å². The molecule has 1 heteroatoms. The summed E-state index contributed by atoms with van der Waals surface area (Å²) >= 11 is 0. The van der Waals surface area contributed by atoms with Crippen molar-refractivity contribution in [2.45, 2.75) is 52.1 Å². The molecule has 0 saturated heterocycles. The van der Waals surface area contributed by atoms with Crippen LogP contribution in [0.15, 0.2) is 12.7 Å². The van der Waals surface area contributed by atoms with E-state index in [-0.39, 0.29) is 5.92 Å². The summed E-state index contributed by atoms with van der Waals surface area (Å²) in [5.74, 6) is 0.189. The summed E-state index contributed by atoms with van der Waals surface area (Å²) in [4.78, 5) is 0. The standard InChI is InChI=1S/C11H22O/c1-5-7-8-9-11(4,12)10(3)6-2/h6,10,12H,2,5,7-9H2,1,3-4H3/t10-,11+/m0/s1. The molecule has 0 heterocycles. The lowest BCUT2D eigenvalue weighted by Gasteiger charge is -2.28. The SMILES string of the molecule is C=C[C@H](C)[C@](C)(O)CCCCC. The maximum Gasteiger partial charge on any atom is 0.0679 e. The van der Waals surface area contributed by atoms with E-state index in [9.17, 15) is 5.11 Å². The van der Waals surface area contributed by atoms with Crippen molar-refractivity contribution in [2.75, 3.05) is 0 Å². The van der Waals surface area contributed by atoms with Gasteiger partial charge in [0, 0.05) is 5.92 Å². The van der Waals surface area contributed by atoms with E-state index < -0.39 is 5.60 Å². The van der Waals surface area contributed by atoms with Gasteiger partial charge in [0.15, 0.2) is 0 Å². The van der Waals surface area contributed by atoms with Crippen molar-refractivity contribution in [3.63, 3.8) is 0 Å². The zero-order valence-corrected chi connectivity index (χ0v) is 8.64. The average molecular weight is 170 g/mol. The van der Waals surface area contributed by atoms with Crippen LogP contribution in [0, 0.1) is 5.92 Å². The molecule has 0 fully saturated rings. The Balaban J connectivity index is 3.77. The van der Waals surface area contributed by atoms with Crippen LogP contribution in [0.5, 0.6) is 0 Å². The first-order valence-corrected chi connectivity index (χ1v) is 4.89. The highest BCUT2D eigenvalue weighted by Crippen LogP contribution is 2.24. The van der Waals surface area contributed by atoms with E-state index in [4.69, 9.17) is 0 Å². The van der Waals surface area contributed by atoms with E-state index in [1.807, 2.05) is 19.9 Å². The first kappa shape index (κ1) is 11.7. The normalized spacial score (nSPS) is 18.3. The Labute approximate surface area is 76.5 Å². The van der Waals surface area contributed by atoms with Gasteiger partial charge in [0.1, 0.15) is 0 Å². The first-order chi connectivity index (χ1) is 5.54. The maximum absolute atomic E-state index is 9.94. The predicted octanol–water partition coefficient (Wildman–Crippen LogP) is 3.14. The lowest BCUT2D eigenvalue weighted by Crippen LogP contribution is -2.31. The third-order valence-corrected chi connectivity index (χ3v) is 2.62. The van der Waals surface area contributed by atoms with Gasteiger partial charge in [0.2, 0.25) is 0 Å². The van der Waals surface area contributed by atoms with Crippen LogP contribution in [-0.4, -0.2) is 10.7 Å². The Bertz CT molecular complexity index is 127. The molecule has 0 bridgehead atoms. The smallest absolute Gasteiger partial charge is 0.0679 e. The van der Waals surface area contributed by atoms with Crippen molar-refractivity contribution in [3.8, 4) is 0 Å². The highest BCUT2D eigenvalue weighted by molar-refractivity contribution is 4.89. The maximum atomic E-state index is 9.94. The Morgan fingerprint density at radius 3 is 2.50 bits per heavy atom. The van der Waals surface area contributed by atoms with Crippen molar-refractivity contribution in [1.82, 2.24) is 0 Å². The molecule has 2 atom stereocenters. The quantitative estimate of drug-likeness (QED) is 0.479. The summed E-state index contributed by atoms with van der Waals surface area (Å²) in [5, 5.41) is 9.94. The summed E-state index contributed by atoms with van der Waals surface area (Å²) in [5.41, 5.74) is -0.559. The number of unbranched alkanes of at least 4 members (excludes halogenated alkanes) is 2. The summed E-state index contributed by atoms with van der Waals surface area (Å²) in [7, 11) is 0. The van der Waals surface area contributed by atoms with Crippen LogP contribution in [0.2, 0.25) is 0 Å². The van der Waals surface area contributed by atoms with Crippen LogP contribution in [0.4, 0.5) is 0 Å². The van der Waals surface area contributed by atoms with Gasteiger partial charge in [0.25, 0.3) is 0 Å². The van der Waals surface area contributed by atoms with E-state index >= 15 is 0 Å². The second-order valence-corrected chi connectivity index (χ2v) is 3.84. The number of hydrogen-bond acceptors (Lipinski definition) is 1. The lowest BCUT2D eigenvalue weighted by molar-refractivity contribution is 0.0139. The second kappa shape index (κ2) is 5.36. The first-order valence-electron chi connectivity index (χ1n) is 4.89. The minimum Gasteiger partial charge on any atom is -0.390 e. The Morgan fingerprint density at radius 2 is 2.08 bits per heavy atom. The molecule has 0 saturated carbocycles. The van der Waals surface area contributed by atoms with Gasteiger partial charge in [-0.05, 0) is 13.3 Å². The number of aliphatic hydroxyl groups is 1. The van der Waals surface area contributed by atoms with E-state index in [1.54, 1.807) is 0 Å². The van der Waals surface area contributed by atoms with Crippen LogP contribution >= 0.6 is 0 Å². The lowest BCUT2D eigenvalue weighted by atomic mass is 9.86. The highest BCUT2D eigenvalue weighted by Gasteiger charge is 2.24. The van der Waals surface area contributed by atoms with Gasteiger partial charge in [-0.25, -0.2) is 0 Å². The summed E-state index contributed by atoms with van der Waals surface area (Å²) in [6.45, 7) is 9.78. The minimum atomic E-state index is -0.559. The van der Waals surface area contributed by atoms with Gasteiger partial charge < -0.3 is 5.11 Å². The molecule has 0 aromatic rings. The van der Waals surface area contributed by atoms with E-state index in [0.29, 0.717) is 0 Å². The van der Waals surface area contributed by atoms with Crippen LogP contribution in [0.3, 0.4) is 0 Å². The average Bonchev–Trinajstić information content (AvgIpc) is 2.03. The molecule has 1 nitrogen and oxygen atoms in total. The highest BCUT2D eigenvalue weighted by atomic mass is 16.3. The van der Waals surface area contributed by atoms with Gasteiger partial charge in [-0.1, -0.05) is 39.2 Å². The molecule has 0 aliphatic rings. The van der Waals surface area contributed by atoms with Crippen molar-refractivity contribution >= 4 is 0 Å². The van der Waals surface area contributed by atoms with Crippen molar-refractivity contribution in [2.24, 2.45) is 5.92 Å². The van der Waals surface area contributed by atoms with Gasteiger partial charge in [0.05, 0.1) is 5.60 Å². The molecule has 0 aromatic carbocycles. The van der Waals surface area contributed by atoms with Crippen LogP contribution < -0.4 is 0 Å². The zero-order valence-electron chi connectivity index (χ0n) is 8.64. The molecule has 0 radical (unpaired) electrons. The Kier molecular flexibility index (Phi) is 5.23. The molecular formula is C11H22O. The molecule has 0 aliphatic heterocycles.